The molecule has 0 amide bonds. The summed E-state index contributed by atoms with van der Waals surface area (Å²) in [5.41, 5.74) is 5.76. The Balaban J connectivity index is 3.08. The molecule has 1 aromatic carbocycles. The molecule has 1 rings (SSSR count). The Morgan fingerprint density at radius 1 is 1.57 bits per heavy atom. The fraction of sp³-hybridized carbons (Fsp3) is 0.200. The third kappa shape index (κ3) is 2.56. The molecule has 0 aliphatic rings. The zero-order chi connectivity index (χ0) is 10.6. The van der Waals surface area contributed by atoms with Crippen LogP contribution in [0.5, 0.6) is 5.75 Å². The van der Waals surface area contributed by atoms with Crippen LogP contribution in [0.15, 0.2) is 22.7 Å². The first-order chi connectivity index (χ1) is 6.69. The SMILES string of the molecule is COc1cc(F)c(/C=C/CN)cc1Br. The first kappa shape index (κ1) is 11.2. The minimum absolute atomic E-state index is 0.324. The lowest BCUT2D eigenvalue weighted by Gasteiger charge is -2.05. The minimum Gasteiger partial charge on any atom is -0.495 e. The van der Waals surface area contributed by atoms with Crippen molar-refractivity contribution in [1.29, 1.82) is 0 Å². The van der Waals surface area contributed by atoms with Crippen LogP contribution in [-0.4, -0.2) is 13.7 Å². The molecule has 0 saturated heterocycles. The highest BCUT2D eigenvalue weighted by Gasteiger charge is 2.05. The van der Waals surface area contributed by atoms with Crippen molar-refractivity contribution in [1.82, 2.24) is 0 Å². The second-order valence-electron chi connectivity index (χ2n) is 2.65. The highest BCUT2D eigenvalue weighted by molar-refractivity contribution is 9.10. The fourth-order valence-electron chi connectivity index (χ4n) is 1.02. The largest absolute Gasteiger partial charge is 0.495 e. The smallest absolute Gasteiger partial charge is 0.135 e. The summed E-state index contributed by atoms with van der Waals surface area (Å²) in [6, 6.07) is 2.99. The lowest BCUT2D eigenvalue weighted by atomic mass is 10.2. The summed E-state index contributed by atoms with van der Waals surface area (Å²) in [6.45, 7) is 0.392. The molecule has 0 saturated carbocycles. The average Bonchev–Trinajstić information content (AvgIpc) is 2.18. The molecule has 0 fully saturated rings. The third-order valence-electron chi connectivity index (χ3n) is 1.70. The lowest BCUT2D eigenvalue weighted by Crippen LogP contribution is -1.93. The van der Waals surface area contributed by atoms with Gasteiger partial charge in [0.1, 0.15) is 11.6 Å². The second kappa shape index (κ2) is 5.12. The molecule has 0 atom stereocenters. The minimum atomic E-state index is -0.324. The first-order valence-corrected chi connectivity index (χ1v) is 4.88. The standard InChI is InChI=1S/C10H11BrFNO/c1-14-10-6-9(12)7(3-2-4-13)5-8(10)11/h2-3,5-6H,4,13H2,1H3/b3-2+. The summed E-state index contributed by atoms with van der Waals surface area (Å²) in [5.74, 6) is 0.155. The van der Waals surface area contributed by atoms with Gasteiger partial charge in [-0.3, -0.25) is 0 Å². The van der Waals surface area contributed by atoms with E-state index in [-0.39, 0.29) is 5.82 Å². The zero-order valence-corrected chi connectivity index (χ0v) is 9.34. The highest BCUT2D eigenvalue weighted by Crippen LogP contribution is 2.28. The topological polar surface area (TPSA) is 35.2 Å². The van der Waals surface area contributed by atoms with Crippen molar-refractivity contribution < 1.29 is 9.13 Å². The van der Waals surface area contributed by atoms with Crippen LogP contribution in [0.3, 0.4) is 0 Å². The Kier molecular flexibility index (Phi) is 4.10. The fourth-order valence-corrected chi connectivity index (χ4v) is 1.55. The number of methoxy groups -OCH3 is 1. The van der Waals surface area contributed by atoms with Crippen molar-refractivity contribution >= 4 is 22.0 Å². The van der Waals surface area contributed by atoms with E-state index in [0.29, 0.717) is 17.9 Å². The van der Waals surface area contributed by atoms with Crippen molar-refractivity contribution in [3.8, 4) is 5.75 Å². The Morgan fingerprint density at radius 3 is 2.86 bits per heavy atom. The number of nitrogens with two attached hydrogens (primary N) is 1. The summed E-state index contributed by atoms with van der Waals surface area (Å²) in [4.78, 5) is 0. The number of benzene rings is 1. The lowest BCUT2D eigenvalue weighted by molar-refractivity contribution is 0.408. The van der Waals surface area contributed by atoms with Gasteiger partial charge in [0.2, 0.25) is 0 Å². The van der Waals surface area contributed by atoms with Gasteiger partial charge in [-0.25, -0.2) is 4.39 Å². The Bertz CT molecular complexity index is 352. The molecule has 2 nitrogen and oxygen atoms in total. The van der Waals surface area contributed by atoms with Crippen molar-refractivity contribution in [2.45, 2.75) is 0 Å². The quantitative estimate of drug-likeness (QED) is 0.906. The molecule has 2 N–H and O–H groups in total. The first-order valence-electron chi connectivity index (χ1n) is 4.08. The maximum absolute atomic E-state index is 13.3. The molecular formula is C10H11BrFNO. The molecule has 76 valence electrons. The molecule has 0 unspecified atom stereocenters. The van der Waals surface area contributed by atoms with E-state index in [9.17, 15) is 4.39 Å². The van der Waals surface area contributed by atoms with Gasteiger partial charge in [-0.2, -0.15) is 0 Å². The molecule has 0 heterocycles. The van der Waals surface area contributed by atoms with Crippen LogP contribution in [0.25, 0.3) is 6.08 Å². The zero-order valence-electron chi connectivity index (χ0n) is 7.76. The second-order valence-corrected chi connectivity index (χ2v) is 3.50. The molecular weight excluding hydrogens is 249 g/mol. The van der Waals surface area contributed by atoms with Gasteiger partial charge in [-0.15, -0.1) is 0 Å². The van der Waals surface area contributed by atoms with Crippen LogP contribution in [0, 0.1) is 5.82 Å². The molecule has 4 heteroatoms. The van der Waals surface area contributed by atoms with Crippen LogP contribution in [0.1, 0.15) is 5.56 Å². The third-order valence-corrected chi connectivity index (χ3v) is 2.32. The predicted molar refractivity (Wildman–Crippen MR) is 58.7 cm³/mol. The van der Waals surface area contributed by atoms with E-state index in [1.807, 2.05) is 0 Å². The maximum atomic E-state index is 13.3. The molecule has 0 aliphatic heterocycles. The van der Waals surface area contributed by atoms with Gasteiger partial charge in [0.25, 0.3) is 0 Å². The van der Waals surface area contributed by atoms with Crippen molar-refractivity contribution in [2.24, 2.45) is 5.73 Å². The van der Waals surface area contributed by atoms with Crippen LogP contribution in [0.4, 0.5) is 4.39 Å². The Labute approximate surface area is 90.7 Å². The molecule has 0 radical (unpaired) electrons. The van der Waals surface area contributed by atoms with Gasteiger partial charge in [0.15, 0.2) is 0 Å². The number of hydrogen-bond acceptors (Lipinski definition) is 2. The summed E-state index contributed by atoms with van der Waals surface area (Å²) >= 11 is 3.28. The van der Waals surface area contributed by atoms with E-state index >= 15 is 0 Å². The van der Waals surface area contributed by atoms with Crippen molar-refractivity contribution in [2.75, 3.05) is 13.7 Å². The van der Waals surface area contributed by atoms with E-state index in [1.165, 1.54) is 13.2 Å². The number of hydrogen-bond donors (Lipinski definition) is 1. The van der Waals surface area contributed by atoms with Gasteiger partial charge in [0.05, 0.1) is 11.6 Å². The molecule has 14 heavy (non-hydrogen) atoms. The summed E-state index contributed by atoms with van der Waals surface area (Å²) in [6.07, 6.45) is 3.33. The van der Waals surface area contributed by atoms with Crippen molar-refractivity contribution in [3.63, 3.8) is 0 Å². The monoisotopic (exact) mass is 259 g/mol. The Morgan fingerprint density at radius 2 is 2.29 bits per heavy atom. The Hall–Kier alpha value is -0.870. The van der Waals surface area contributed by atoms with Gasteiger partial charge < -0.3 is 10.5 Å². The summed E-state index contributed by atoms with van der Waals surface area (Å²) in [7, 11) is 1.49. The number of ether oxygens (including phenoxy) is 1. The van der Waals surface area contributed by atoms with E-state index in [0.717, 1.165) is 4.47 Å². The molecule has 0 aliphatic carbocycles. The van der Waals surface area contributed by atoms with Crippen LogP contribution < -0.4 is 10.5 Å². The van der Waals surface area contributed by atoms with Crippen molar-refractivity contribution in [3.05, 3.63) is 34.1 Å². The highest BCUT2D eigenvalue weighted by atomic mass is 79.9. The molecule has 0 aromatic heterocycles. The van der Waals surface area contributed by atoms with E-state index < -0.39 is 0 Å². The van der Waals surface area contributed by atoms with Gasteiger partial charge in [-0.05, 0) is 22.0 Å². The summed E-state index contributed by atoms with van der Waals surface area (Å²) in [5, 5.41) is 0. The van der Waals surface area contributed by atoms with Gasteiger partial charge >= 0.3 is 0 Å². The van der Waals surface area contributed by atoms with Crippen LogP contribution in [0.2, 0.25) is 0 Å². The maximum Gasteiger partial charge on any atom is 0.135 e. The van der Waals surface area contributed by atoms with E-state index in [2.05, 4.69) is 15.9 Å². The summed E-state index contributed by atoms with van der Waals surface area (Å²) < 4.78 is 19.0. The molecule has 0 spiro atoms. The van der Waals surface area contributed by atoms with E-state index in [1.54, 1.807) is 18.2 Å². The normalized spacial score (nSPS) is 10.9. The van der Waals surface area contributed by atoms with Gasteiger partial charge in [0, 0.05) is 18.2 Å². The van der Waals surface area contributed by atoms with E-state index in [4.69, 9.17) is 10.5 Å². The average molecular weight is 260 g/mol. The molecule has 0 bridgehead atoms. The van der Waals surface area contributed by atoms with Gasteiger partial charge in [-0.1, -0.05) is 12.2 Å². The number of rotatable bonds is 3. The number of halogens is 2. The predicted octanol–water partition coefficient (Wildman–Crippen LogP) is 2.57. The van der Waals surface area contributed by atoms with Crippen LogP contribution in [-0.2, 0) is 0 Å². The molecule has 1 aromatic rings. The van der Waals surface area contributed by atoms with Crippen LogP contribution >= 0.6 is 15.9 Å².